The van der Waals surface area contributed by atoms with Crippen molar-refractivity contribution in [3.63, 3.8) is 0 Å². The Balaban J connectivity index is 2.57. The zero-order valence-corrected chi connectivity index (χ0v) is 11.0. The molecule has 1 rings (SSSR count). The van der Waals surface area contributed by atoms with Crippen molar-refractivity contribution >= 4 is 17.5 Å². The van der Waals surface area contributed by atoms with Gasteiger partial charge in [0, 0.05) is 24.6 Å². The average molecular weight is 266 g/mol. The number of phenols is 1. The number of primary amides is 1. The number of hydrogen-bond donors (Lipinski definition) is 3. The lowest BCUT2D eigenvalue weighted by atomic mass is 10.0. The van der Waals surface area contributed by atoms with E-state index in [9.17, 15) is 14.7 Å². The summed E-state index contributed by atoms with van der Waals surface area (Å²) >= 11 is 0. The molecular weight excluding hydrogens is 248 g/mol. The van der Waals surface area contributed by atoms with Crippen LogP contribution < -0.4 is 15.8 Å². The van der Waals surface area contributed by atoms with E-state index in [-0.39, 0.29) is 30.4 Å². The summed E-state index contributed by atoms with van der Waals surface area (Å²) in [6.07, 6.45) is 0.358. The molecule has 6 heteroatoms. The molecule has 0 radical (unpaired) electrons. The van der Waals surface area contributed by atoms with Gasteiger partial charge in [0.1, 0.15) is 0 Å². The van der Waals surface area contributed by atoms with Crippen LogP contribution in [0.1, 0.15) is 19.8 Å². The summed E-state index contributed by atoms with van der Waals surface area (Å²) in [4.78, 5) is 22.4. The van der Waals surface area contributed by atoms with Crippen LogP contribution in [0, 0.1) is 5.92 Å². The second kappa shape index (κ2) is 6.63. The Labute approximate surface area is 111 Å². The summed E-state index contributed by atoms with van der Waals surface area (Å²) in [5.41, 5.74) is 5.52. The van der Waals surface area contributed by atoms with Crippen molar-refractivity contribution in [2.24, 2.45) is 11.7 Å². The molecule has 1 aromatic rings. The van der Waals surface area contributed by atoms with Crippen molar-refractivity contribution in [3.8, 4) is 11.5 Å². The minimum atomic E-state index is -0.428. The first-order valence-corrected chi connectivity index (χ1v) is 5.87. The van der Waals surface area contributed by atoms with Gasteiger partial charge in [0.2, 0.25) is 11.8 Å². The first-order valence-electron chi connectivity index (χ1n) is 5.87. The van der Waals surface area contributed by atoms with Gasteiger partial charge in [0.05, 0.1) is 7.11 Å². The minimum absolute atomic E-state index is 0.0505. The fourth-order valence-electron chi connectivity index (χ4n) is 1.71. The molecule has 0 heterocycles. The predicted molar refractivity (Wildman–Crippen MR) is 70.9 cm³/mol. The Kier molecular flexibility index (Phi) is 5.17. The summed E-state index contributed by atoms with van der Waals surface area (Å²) in [5.74, 6) is -0.504. The third-order valence-electron chi connectivity index (χ3n) is 2.55. The van der Waals surface area contributed by atoms with Crippen molar-refractivity contribution < 1.29 is 19.4 Å². The summed E-state index contributed by atoms with van der Waals surface area (Å²) in [6.45, 7) is 1.77. The Morgan fingerprint density at radius 2 is 2.11 bits per heavy atom. The van der Waals surface area contributed by atoms with E-state index < -0.39 is 5.91 Å². The van der Waals surface area contributed by atoms with Gasteiger partial charge in [0.15, 0.2) is 11.5 Å². The van der Waals surface area contributed by atoms with Crippen molar-refractivity contribution in [2.75, 3.05) is 12.4 Å². The fourth-order valence-corrected chi connectivity index (χ4v) is 1.71. The third-order valence-corrected chi connectivity index (χ3v) is 2.55. The van der Waals surface area contributed by atoms with Crippen LogP contribution in [-0.2, 0) is 9.59 Å². The minimum Gasteiger partial charge on any atom is -0.504 e. The van der Waals surface area contributed by atoms with Crippen LogP contribution in [-0.4, -0.2) is 24.0 Å². The Morgan fingerprint density at radius 1 is 1.42 bits per heavy atom. The molecule has 2 amide bonds. The number of benzene rings is 1. The van der Waals surface area contributed by atoms with Crippen molar-refractivity contribution in [2.45, 2.75) is 19.8 Å². The van der Waals surface area contributed by atoms with Gasteiger partial charge in [-0.3, -0.25) is 9.59 Å². The van der Waals surface area contributed by atoms with Crippen molar-refractivity contribution in [3.05, 3.63) is 18.2 Å². The molecule has 0 saturated heterocycles. The molecule has 0 aliphatic heterocycles. The highest BCUT2D eigenvalue weighted by molar-refractivity contribution is 5.91. The number of rotatable bonds is 6. The van der Waals surface area contributed by atoms with E-state index in [0.717, 1.165) is 0 Å². The summed E-state index contributed by atoms with van der Waals surface area (Å²) in [7, 11) is 1.44. The zero-order chi connectivity index (χ0) is 14.4. The molecule has 0 saturated carbocycles. The fraction of sp³-hybridized carbons (Fsp3) is 0.385. The highest BCUT2D eigenvalue weighted by atomic mass is 16.5. The lowest BCUT2D eigenvalue weighted by Crippen LogP contribution is -2.20. The van der Waals surface area contributed by atoms with E-state index in [0.29, 0.717) is 11.4 Å². The maximum Gasteiger partial charge on any atom is 0.224 e. The summed E-state index contributed by atoms with van der Waals surface area (Å²) < 4.78 is 4.90. The van der Waals surface area contributed by atoms with E-state index in [2.05, 4.69) is 5.32 Å². The van der Waals surface area contributed by atoms with Gasteiger partial charge in [-0.2, -0.15) is 0 Å². The number of methoxy groups -OCH3 is 1. The van der Waals surface area contributed by atoms with E-state index in [1.54, 1.807) is 19.1 Å². The van der Waals surface area contributed by atoms with Crippen molar-refractivity contribution in [1.82, 2.24) is 0 Å². The molecule has 1 aromatic carbocycles. The molecule has 0 aliphatic carbocycles. The molecule has 0 aromatic heterocycles. The molecule has 6 nitrogen and oxygen atoms in total. The second-order valence-electron chi connectivity index (χ2n) is 4.41. The van der Waals surface area contributed by atoms with Gasteiger partial charge in [-0.1, -0.05) is 6.92 Å². The van der Waals surface area contributed by atoms with Crippen LogP contribution in [0.5, 0.6) is 11.5 Å². The molecule has 4 N–H and O–H groups in total. The number of aromatic hydroxyl groups is 1. The van der Waals surface area contributed by atoms with E-state index >= 15 is 0 Å². The predicted octanol–water partition coefficient (Wildman–Crippen LogP) is 1.24. The molecule has 19 heavy (non-hydrogen) atoms. The highest BCUT2D eigenvalue weighted by Crippen LogP contribution is 2.28. The normalized spacial score (nSPS) is 11.7. The number of amides is 2. The zero-order valence-electron chi connectivity index (χ0n) is 11.0. The number of carbonyl (C=O) groups excluding carboxylic acids is 2. The number of nitrogens with two attached hydrogens (primary N) is 1. The van der Waals surface area contributed by atoms with Gasteiger partial charge in [0.25, 0.3) is 0 Å². The van der Waals surface area contributed by atoms with Gasteiger partial charge in [-0.25, -0.2) is 0 Å². The maximum atomic E-state index is 11.7. The molecule has 0 unspecified atom stereocenters. The summed E-state index contributed by atoms with van der Waals surface area (Å²) in [6, 6.07) is 4.57. The van der Waals surface area contributed by atoms with Gasteiger partial charge in [-0.15, -0.1) is 0 Å². The third kappa shape index (κ3) is 4.87. The van der Waals surface area contributed by atoms with E-state index in [1.807, 2.05) is 0 Å². The second-order valence-corrected chi connectivity index (χ2v) is 4.41. The summed E-state index contributed by atoms with van der Waals surface area (Å²) in [5, 5.41) is 12.2. The van der Waals surface area contributed by atoms with E-state index in [4.69, 9.17) is 10.5 Å². The van der Waals surface area contributed by atoms with Crippen LogP contribution in [0.2, 0.25) is 0 Å². The van der Waals surface area contributed by atoms with E-state index in [1.165, 1.54) is 13.2 Å². The van der Waals surface area contributed by atoms with Gasteiger partial charge >= 0.3 is 0 Å². The number of nitrogens with one attached hydrogen (secondary N) is 1. The van der Waals surface area contributed by atoms with Crippen LogP contribution >= 0.6 is 0 Å². The Bertz CT molecular complexity index is 474. The lowest BCUT2D eigenvalue weighted by molar-refractivity contribution is -0.119. The van der Waals surface area contributed by atoms with Crippen LogP contribution in [0.3, 0.4) is 0 Å². The number of phenolic OH excluding ortho intramolecular Hbond substituents is 1. The lowest BCUT2D eigenvalue weighted by Gasteiger charge is -2.11. The number of carbonyl (C=O) groups is 2. The van der Waals surface area contributed by atoms with Crippen LogP contribution in [0.4, 0.5) is 5.69 Å². The Hall–Kier alpha value is -2.24. The SMILES string of the molecule is COc1ccc(NC(=O)C[C@H](C)CC(N)=O)cc1O. The number of anilines is 1. The highest BCUT2D eigenvalue weighted by Gasteiger charge is 2.12. The maximum absolute atomic E-state index is 11.7. The molecule has 104 valence electrons. The van der Waals surface area contributed by atoms with Crippen LogP contribution in [0.15, 0.2) is 18.2 Å². The van der Waals surface area contributed by atoms with Crippen molar-refractivity contribution in [1.29, 1.82) is 0 Å². The number of ether oxygens (including phenoxy) is 1. The van der Waals surface area contributed by atoms with Crippen LogP contribution in [0.25, 0.3) is 0 Å². The Morgan fingerprint density at radius 3 is 2.63 bits per heavy atom. The monoisotopic (exact) mass is 266 g/mol. The smallest absolute Gasteiger partial charge is 0.224 e. The molecule has 0 spiro atoms. The molecule has 0 aliphatic rings. The first kappa shape index (κ1) is 14.8. The topological polar surface area (TPSA) is 102 Å². The first-order chi connectivity index (χ1) is 8.92. The molecule has 0 bridgehead atoms. The quantitative estimate of drug-likeness (QED) is 0.721. The average Bonchev–Trinajstić information content (AvgIpc) is 2.27. The molecule has 1 atom stereocenters. The van der Waals surface area contributed by atoms with Gasteiger partial charge < -0.3 is 20.9 Å². The number of hydrogen-bond acceptors (Lipinski definition) is 4. The largest absolute Gasteiger partial charge is 0.504 e. The van der Waals surface area contributed by atoms with Gasteiger partial charge in [-0.05, 0) is 18.1 Å². The standard InChI is InChI=1S/C13H18N2O4/c1-8(5-12(14)17)6-13(18)15-9-3-4-11(19-2)10(16)7-9/h3-4,7-8,16H,5-6H2,1-2H3,(H2,14,17)(H,15,18)/t8-/m1/s1. The molecule has 0 fully saturated rings. The molecular formula is C13H18N2O4.